The Kier molecular flexibility index (Phi) is 5.48. The second kappa shape index (κ2) is 7.18. The average molecular weight is 339 g/mol. The number of carbonyl (C=O) groups is 1. The first-order valence-electron chi connectivity index (χ1n) is 7.51. The third kappa shape index (κ3) is 4.59. The highest BCUT2D eigenvalue weighted by atomic mass is 32.2. The summed E-state index contributed by atoms with van der Waals surface area (Å²) in [5.74, 6) is -1.26. The van der Waals surface area contributed by atoms with Crippen molar-refractivity contribution in [2.45, 2.75) is 43.6 Å². The summed E-state index contributed by atoms with van der Waals surface area (Å²) in [5.41, 5.74) is 6.05. The van der Waals surface area contributed by atoms with Crippen molar-refractivity contribution < 1.29 is 18.3 Å². The fraction of sp³-hybridized carbons (Fsp3) is 0.533. The van der Waals surface area contributed by atoms with E-state index in [2.05, 4.69) is 9.38 Å². The van der Waals surface area contributed by atoms with Crippen molar-refractivity contribution in [1.82, 2.24) is 4.98 Å². The van der Waals surface area contributed by atoms with Gasteiger partial charge in [-0.05, 0) is 31.4 Å². The Labute approximate surface area is 135 Å². The molecule has 0 saturated heterocycles. The summed E-state index contributed by atoms with van der Waals surface area (Å²) in [6.07, 6.45) is 6.06. The lowest BCUT2D eigenvalue weighted by Crippen LogP contribution is -2.36. The van der Waals surface area contributed by atoms with E-state index in [0.717, 1.165) is 31.2 Å². The van der Waals surface area contributed by atoms with Gasteiger partial charge in [-0.15, -0.1) is 0 Å². The molecule has 0 spiro atoms. The standard InChI is InChI=1S/C15H21N3O4S/c16-12(14(19)20)5-10-18-23(21,22)11-8-15(6-3-7-15)13-4-1-2-9-17-13/h1-2,4,9-10,12H,3,5-8,11,16H2,(H,19,20)/b18-10+. The van der Waals surface area contributed by atoms with E-state index in [4.69, 9.17) is 10.8 Å². The molecular formula is C15H21N3O4S. The lowest BCUT2D eigenvalue weighted by molar-refractivity contribution is -0.138. The fourth-order valence-electron chi connectivity index (χ4n) is 2.66. The molecular weight excluding hydrogens is 318 g/mol. The molecule has 1 aliphatic rings. The molecule has 0 aliphatic heterocycles. The number of hydrogen-bond acceptors (Lipinski definition) is 5. The maximum Gasteiger partial charge on any atom is 0.320 e. The van der Waals surface area contributed by atoms with Crippen molar-refractivity contribution in [1.29, 1.82) is 0 Å². The predicted molar refractivity (Wildman–Crippen MR) is 86.9 cm³/mol. The van der Waals surface area contributed by atoms with Crippen LogP contribution in [0, 0.1) is 0 Å². The predicted octanol–water partition coefficient (Wildman–Crippen LogP) is 1.10. The first-order valence-corrected chi connectivity index (χ1v) is 9.12. The van der Waals surface area contributed by atoms with Crippen LogP contribution in [0.4, 0.5) is 0 Å². The summed E-state index contributed by atoms with van der Waals surface area (Å²) in [5, 5.41) is 8.64. The van der Waals surface area contributed by atoms with Crippen molar-refractivity contribution in [2.24, 2.45) is 10.1 Å². The Morgan fingerprint density at radius 2 is 2.22 bits per heavy atom. The van der Waals surface area contributed by atoms with Gasteiger partial charge < -0.3 is 10.8 Å². The number of sulfonamides is 1. The SMILES string of the molecule is NC(C/C=N/S(=O)(=O)CCC1(c2ccccn2)CCC1)C(=O)O. The minimum Gasteiger partial charge on any atom is -0.480 e. The number of nitrogens with zero attached hydrogens (tertiary/aromatic N) is 2. The van der Waals surface area contributed by atoms with Crippen molar-refractivity contribution >= 4 is 22.2 Å². The number of carboxylic acid groups (broad SMARTS) is 1. The highest BCUT2D eigenvalue weighted by Crippen LogP contribution is 2.45. The number of hydrogen-bond donors (Lipinski definition) is 2. The summed E-state index contributed by atoms with van der Waals surface area (Å²) in [6, 6.07) is 4.53. The van der Waals surface area contributed by atoms with E-state index in [1.165, 1.54) is 0 Å². The second-order valence-corrected chi connectivity index (χ2v) is 7.64. The lowest BCUT2D eigenvalue weighted by Gasteiger charge is -2.41. The smallest absolute Gasteiger partial charge is 0.320 e. The zero-order valence-corrected chi connectivity index (χ0v) is 13.6. The molecule has 0 aromatic carbocycles. The van der Waals surface area contributed by atoms with Crippen LogP contribution in [0.3, 0.4) is 0 Å². The van der Waals surface area contributed by atoms with Gasteiger partial charge in [0.2, 0.25) is 0 Å². The van der Waals surface area contributed by atoms with Crippen LogP contribution in [0.15, 0.2) is 28.8 Å². The molecule has 1 aromatic heterocycles. The quantitative estimate of drug-likeness (QED) is 0.684. The molecule has 1 saturated carbocycles. The molecule has 8 heteroatoms. The first kappa shape index (κ1) is 17.6. The second-order valence-electron chi connectivity index (χ2n) is 5.85. The fourth-order valence-corrected chi connectivity index (χ4v) is 3.73. The maximum atomic E-state index is 12.0. The Morgan fingerprint density at radius 3 is 2.74 bits per heavy atom. The molecule has 3 N–H and O–H groups in total. The molecule has 1 heterocycles. The summed E-state index contributed by atoms with van der Waals surface area (Å²) in [7, 11) is -3.63. The summed E-state index contributed by atoms with van der Waals surface area (Å²) < 4.78 is 27.5. The highest BCUT2D eigenvalue weighted by molar-refractivity contribution is 7.90. The number of pyridine rings is 1. The van der Waals surface area contributed by atoms with Crippen LogP contribution in [0.2, 0.25) is 0 Å². The maximum absolute atomic E-state index is 12.0. The summed E-state index contributed by atoms with van der Waals surface area (Å²) in [6.45, 7) is 0. The van der Waals surface area contributed by atoms with E-state index < -0.39 is 22.0 Å². The summed E-state index contributed by atoms with van der Waals surface area (Å²) in [4.78, 5) is 14.9. The van der Waals surface area contributed by atoms with Crippen LogP contribution in [0.25, 0.3) is 0 Å². The van der Waals surface area contributed by atoms with Gasteiger partial charge in [-0.3, -0.25) is 9.78 Å². The Bertz CT molecular complexity index is 669. The zero-order chi connectivity index (χ0) is 16.9. The molecule has 0 amide bonds. The molecule has 0 radical (unpaired) electrons. The number of nitrogens with two attached hydrogens (primary N) is 1. The topological polar surface area (TPSA) is 123 Å². The number of rotatable bonds is 8. The van der Waals surface area contributed by atoms with Crippen molar-refractivity contribution in [3.05, 3.63) is 30.1 Å². The van der Waals surface area contributed by atoms with E-state index in [9.17, 15) is 13.2 Å². The average Bonchev–Trinajstić information content (AvgIpc) is 2.46. The van der Waals surface area contributed by atoms with Gasteiger partial charge in [-0.25, -0.2) is 8.42 Å². The third-order valence-electron chi connectivity index (χ3n) is 4.27. The van der Waals surface area contributed by atoms with Gasteiger partial charge in [0.15, 0.2) is 0 Å². The number of aromatic nitrogens is 1. The van der Waals surface area contributed by atoms with Crippen LogP contribution in [-0.4, -0.2) is 42.5 Å². The number of aliphatic carboxylic acids is 1. The number of carboxylic acids is 1. The van der Waals surface area contributed by atoms with Crippen LogP contribution in [-0.2, 0) is 20.2 Å². The molecule has 0 bridgehead atoms. The highest BCUT2D eigenvalue weighted by Gasteiger charge is 2.40. The zero-order valence-electron chi connectivity index (χ0n) is 12.8. The van der Waals surface area contributed by atoms with Gasteiger partial charge >= 0.3 is 5.97 Å². The van der Waals surface area contributed by atoms with E-state index in [0.29, 0.717) is 6.42 Å². The van der Waals surface area contributed by atoms with E-state index in [1.807, 2.05) is 18.2 Å². The monoisotopic (exact) mass is 339 g/mol. The Hall–Kier alpha value is -1.80. The van der Waals surface area contributed by atoms with E-state index in [1.54, 1.807) is 6.20 Å². The molecule has 1 atom stereocenters. The molecule has 2 rings (SSSR count). The summed E-state index contributed by atoms with van der Waals surface area (Å²) >= 11 is 0. The third-order valence-corrected chi connectivity index (χ3v) is 5.46. The van der Waals surface area contributed by atoms with Gasteiger partial charge in [-0.1, -0.05) is 12.5 Å². The minimum atomic E-state index is -3.63. The normalized spacial score (nSPS) is 18.5. The van der Waals surface area contributed by atoms with Gasteiger partial charge in [0.25, 0.3) is 10.0 Å². The Balaban J connectivity index is 1.96. The largest absolute Gasteiger partial charge is 0.480 e. The van der Waals surface area contributed by atoms with Crippen LogP contribution in [0.1, 0.15) is 37.8 Å². The molecule has 1 aromatic rings. The van der Waals surface area contributed by atoms with Gasteiger partial charge in [0, 0.05) is 29.9 Å². The van der Waals surface area contributed by atoms with Crippen LogP contribution >= 0.6 is 0 Å². The van der Waals surface area contributed by atoms with Crippen molar-refractivity contribution in [3.8, 4) is 0 Å². The van der Waals surface area contributed by atoms with E-state index in [-0.39, 0.29) is 17.6 Å². The van der Waals surface area contributed by atoms with Gasteiger partial charge in [0.1, 0.15) is 6.04 Å². The molecule has 1 unspecified atom stereocenters. The molecule has 126 valence electrons. The molecule has 7 nitrogen and oxygen atoms in total. The van der Waals surface area contributed by atoms with Gasteiger partial charge in [0.05, 0.1) is 5.75 Å². The Morgan fingerprint density at radius 1 is 1.48 bits per heavy atom. The van der Waals surface area contributed by atoms with Gasteiger partial charge in [-0.2, -0.15) is 4.40 Å². The lowest BCUT2D eigenvalue weighted by atomic mass is 9.65. The van der Waals surface area contributed by atoms with Crippen molar-refractivity contribution in [3.63, 3.8) is 0 Å². The van der Waals surface area contributed by atoms with Crippen LogP contribution in [0.5, 0.6) is 0 Å². The van der Waals surface area contributed by atoms with Crippen molar-refractivity contribution in [2.75, 3.05) is 5.75 Å². The van der Waals surface area contributed by atoms with E-state index >= 15 is 0 Å². The first-order chi connectivity index (χ1) is 10.8. The molecule has 1 fully saturated rings. The minimum absolute atomic E-state index is 0.0810. The van der Waals surface area contributed by atoms with Crippen LogP contribution < -0.4 is 5.73 Å². The molecule has 23 heavy (non-hydrogen) atoms. The molecule has 1 aliphatic carbocycles.